The van der Waals surface area contributed by atoms with E-state index in [1.54, 1.807) is 0 Å². The second kappa shape index (κ2) is 24.0. The lowest BCUT2D eigenvalue weighted by Gasteiger charge is -2.40. The van der Waals surface area contributed by atoms with Crippen molar-refractivity contribution in [2.45, 2.75) is 183 Å². The average molecular weight is 1200 g/mol. The highest BCUT2D eigenvalue weighted by Crippen LogP contribution is 2.54. The van der Waals surface area contributed by atoms with Crippen molar-refractivity contribution in [2.24, 2.45) is 0 Å². The van der Waals surface area contributed by atoms with Gasteiger partial charge in [-0.3, -0.25) is 0 Å². The van der Waals surface area contributed by atoms with E-state index in [2.05, 4.69) is 318 Å². The maximum absolute atomic E-state index is 7.83. The van der Waals surface area contributed by atoms with Gasteiger partial charge < -0.3 is 8.85 Å². The molecule has 0 saturated carbocycles. The number of benzene rings is 8. The van der Waals surface area contributed by atoms with Crippen molar-refractivity contribution in [3.63, 3.8) is 0 Å². The van der Waals surface area contributed by atoms with Gasteiger partial charge >= 0.3 is 0 Å². The SMILES string of the molecule is CC(C)(C)c1ccc([Si]C#Cc2cc3c(C#C[Si]c4ccc(C(C)(C)C)cc4)c(C#C[Si]c4ccc(C(C)(C)C)cc4)c4cc(C#C[Si]c5ccc(C(C)(C)C)cc5)cc5c(O[Si](C)(C)C(C)(C)C)c(O[Si](C)(C)C(C)(C)C)c(c2)c3c45)cc1. The summed E-state index contributed by atoms with van der Waals surface area (Å²) in [4.78, 5) is 0. The normalized spacial score (nSPS) is 12.7. The Labute approximate surface area is 518 Å². The summed E-state index contributed by atoms with van der Waals surface area (Å²) in [6.45, 7) is 50.5. The minimum absolute atomic E-state index is 0.0538. The van der Waals surface area contributed by atoms with Gasteiger partial charge in [0.2, 0.25) is 0 Å². The Kier molecular flexibility index (Phi) is 18.3. The van der Waals surface area contributed by atoms with Crippen molar-refractivity contribution in [1.29, 1.82) is 0 Å². The number of hydrogen-bond acceptors (Lipinski definition) is 2. The Morgan fingerprint density at radius 3 is 0.762 bits per heavy atom. The molecule has 0 aliphatic carbocycles. The lowest BCUT2D eigenvalue weighted by molar-refractivity contribution is 0.447. The van der Waals surface area contributed by atoms with Gasteiger partial charge in [0.25, 0.3) is 16.6 Å². The third-order valence-corrected chi connectivity index (χ3v) is 29.1. The summed E-state index contributed by atoms with van der Waals surface area (Å²) in [5.74, 6) is 16.8. The summed E-state index contributed by atoms with van der Waals surface area (Å²) in [5.41, 5.74) is 23.9. The van der Waals surface area contributed by atoms with Gasteiger partial charge in [0.1, 0.15) is 0 Å². The first-order valence-corrected chi connectivity index (χ1v) is 39.5. The molecular formula is C76H86O2Si6. The molecule has 8 aromatic rings. The van der Waals surface area contributed by atoms with Gasteiger partial charge in [-0.2, -0.15) is 0 Å². The third kappa shape index (κ3) is 14.8. The number of hydrogen-bond donors (Lipinski definition) is 0. The zero-order chi connectivity index (χ0) is 61.6. The Morgan fingerprint density at radius 1 is 0.310 bits per heavy atom. The predicted octanol–water partition coefficient (Wildman–Crippen LogP) is 15.9. The molecule has 0 aliphatic heterocycles. The molecule has 84 heavy (non-hydrogen) atoms. The van der Waals surface area contributed by atoms with Crippen LogP contribution in [0.1, 0.15) is 169 Å². The summed E-state index contributed by atoms with van der Waals surface area (Å²) in [6.07, 6.45) is 0. The molecule has 0 bridgehead atoms. The van der Waals surface area contributed by atoms with Gasteiger partial charge in [0, 0.05) is 54.6 Å². The van der Waals surface area contributed by atoms with Crippen LogP contribution in [0.25, 0.3) is 32.3 Å². The van der Waals surface area contributed by atoms with Crippen LogP contribution in [-0.2, 0) is 21.7 Å². The van der Waals surface area contributed by atoms with Crippen molar-refractivity contribution < 1.29 is 8.85 Å². The molecule has 0 unspecified atom stereocenters. The van der Waals surface area contributed by atoms with Crippen LogP contribution in [0.4, 0.5) is 0 Å². The van der Waals surface area contributed by atoms with Crippen LogP contribution in [0.3, 0.4) is 0 Å². The molecule has 8 rings (SSSR count). The summed E-state index contributed by atoms with van der Waals surface area (Å²) in [7, 11) is -4.01. The van der Waals surface area contributed by atoms with Crippen molar-refractivity contribution in [2.75, 3.05) is 0 Å². The van der Waals surface area contributed by atoms with Crippen LogP contribution in [-0.4, -0.2) is 54.7 Å². The van der Waals surface area contributed by atoms with Crippen LogP contribution < -0.4 is 29.6 Å². The van der Waals surface area contributed by atoms with Gasteiger partial charge in [0.15, 0.2) is 49.6 Å². The standard InChI is InChI=1S/C76H86O2Si6/c1-71(2,3)53-23-31-57(32-24-53)79-43-39-51-47-63-61(41-45-81-59-35-27-55(28-36-59)73(7,8)9)62(42-46-82-60-37-29-56(30-38-60)74(10,11)12)64-48-52(40-44-80-58-33-25-54(26-34-58)72(4,5)6)50-66-68(64)67(63)65(49-51)69(77-83(19,20)75(13,14)15)70(66)78-84(21,22)76(16,17)18/h23-38,47-50H,1-22H3. The zero-order valence-corrected chi connectivity index (χ0v) is 60.4. The Hall–Kier alpha value is -6.06. The fourth-order valence-electron chi connectivity index (χ4n) is 9.41. The van der Waals surface area contributed by atoms with Crippen LogP contribution in [0.2, 0.25) is 36.3 Å². The van der Waals surface area contributed by atoms with E-state index in [1.165, 1.54) is 43.0 Å². The molecule has 2 nitrogen and oxygen atoms in total. The predicted molar refractivity (Wildman–Crippen MR) is 375 cm³/mol. The monoisotopic (exact) mass is 1200 g/mol. The van der Waals surface area contributed by atoms with Crippen LogP contribution >= 0.6 is 0 Å². The van der Waals surface area contributed by atoms with Crippen LogP contribution in [0.5, 0.6) is 11.5 Å². The summed E-state index contributed by atoms with van der Waals surface area (Å²) < 4.78 is 15.7. The van der Waals surface area contributed by atoms with E-state index in [9.17, 15) is 0 Å². The zero-order valence-electron chi connectivity index (χ0n) is 54.4. The van der Waals surface area contributed by atoms with E-state index < -0.39 is 16.6 Å². The molecule has 426 valence electrons. The van der Waals surface area contributed by atoms with E-state index in [4.69, 9.17) is 8.85 Å². The molecule has 8 radical (unpaired) electrons. The second-order valence-electron chi connectivity index (χ2n) is 29.8. The molecule has 0 aliphatic rings. The summed E-state index contributed by atoms with van der Waals surface area (Å²) in [5, 5.41) is 10.8. The van der Waals surface area contributed by atoms with Gasteiger partial charge in [-0.1, -0.05) is 245 Å². The van der Waals surface area contributed by atoms with E-state index in [0.29, 0.717) is 19.0 Å². The van der Waals surface area contributed by atoms with Crippen molar-refractivity contribution >= 4 is 108 Å². The smallest absolute Gasteiger partial charge is 0.250 e. The van der Waals surface area contributed by atoms with E-state index >= 15 is 0 Å². The maximum Gasteiger partial charge on any atom is 0.250 e. The maximum atomic E-state index is 7.83. The van der Waals surface area contributed by atoms with Crippen molar-refractivity contribution in [1.82, 2.24) is 0 Å². The quantitative estimate of drug-likeness (QED) is 0.0858. The fraction of sp³-hybridized carbons (Fsp3) is 0.368. The summed E-state index contributed by atoms with van der Waals surface area (Å²) in [6, 6.07) is 45.1. The van der Waals surface area contributed by atoms with Crippen LogP contribution in [0, 0.1) is 45.9 Å². The Bertz CT molecular complexity index is 3720. The molecule has 0 N–H and O–H groups in total. The minimum atomic E-state index is -2.56. The lowest BCUT2D eigenvalue weighted by Crippen LogP contribution is -2.45. The van der Waals surface area contributed by atoms with Crippen molar-refractivity contribution in [3.05, 3.63) is 166 Å². The fourth-order valence-corrected chi connectivity index (χ4v) is 14.1. The minimum Gasteiger partial charge on any atom is -0.541 e. The Balaban J connectivity index is 1.49. The summed E-state index contributed by atoms with van der Waals surface area (Å²) >= 11 is 0. The average Bonchev–Trinajstić information content (AvgIpc) is 0.721. The van der Waals surface area contributed by atoms with Crippen molar-refractivity contribution in [3.8, 4) is 57.4 Å². The first-order valence-electron chi connectivity index (χ1n) is 29.7. The topological polar surface area (TPSA) is 18.5 Å². The number of rotatable bonds is 8. The highest BCUT2D eigenvalue weighted by Gasteiger charge is 2.44. The lowest BCUT2D eigenvalue weighted by atomic mass is 9.85. The highest BCUT2D eigenvalue weighted by molar-refractivity contribution is 6.76. The first-order chi connectivity index (χ1) is 38.9. The van der Waals surface area contributed by atoms with Gasteiger partial charge in [-0.05, 0) is 125 Å². The third-order valence-electron chi connectivity index (χ3n) is 17.0. The molecule has 0 saturated heterocycles. The first kappa shape index (κ1) is 64.0. The molecule has 0 fully saturated rings. The molecule has 0 aromatic heterocycles. The van der Waals surface area contributed by atoms with Gasteiger partial charge in [0.05, 0.1) is 0 Å². The molecule has 0 amide bonds. The molecule has 0 atom stereocenters. The second-order valence-corrected chi connectivity index (χ2v) is 43.6. The van der Waals surface area contributed by atoms with Gasteiger partial charge in [-0.15, -0.1) is 22.2 Å². The highest BCUT2D eigenvalue weighted by atomic mass is 28.4. The molecule has 0 heterocycles. The van der Waals surface area contributed by atoms with E-state index in [1.807, 2.05) is 0 Å². The molecule has 8 aromatic carbocycles. The largest absolute Gasteiger partial charge is 0.541 e. The Morgan fingerprint density at radius 2 is 0.536 bits per heavy atom. The van der Waals surface area contributed by atoms with Crippen LogP contribution in [0.15, 0.2) is 121 Å². The van der Waals surface area contributed by atoms with E-state index in [0.717, 1.165) is 66.1 Å². The molecule has 8 heteroatoms. The van der Waals surface area contributed by atoms with Gasteiger partial charge in [-0.25, -0.2) is 0 Å². The van der Waals surface area contributed by atoms with E-state index in [-0.39, 0.29) is 50.8 Å². The molecular weight excluding hydrogens is 1110 g/mol. The molecule has 0 spiro atoms.